The van der Waals surface area contributed by atoms with Crippen LogP contribution in [0, 0.1) is 29.1 Å². The third kappa shape index (κ3) is 11.2. The molecule has 3 rings (SSSR count). The summed E-state index contributed by atoms with van der Waals surface area (Å²) in [5, 5.41) is 11.0. The monoisotopic (exact) mass is 739 g/mol. The van der Waals surface area contributed by atoms with Crippen molar-refractivity contribution in [2.24, 2.45) is 16.7 Å². The van der Waals surface area contributed by atoms with Crippen molar-refractivity contribution in [3.8, 4) is 12.3 Å². The van der Waals surface area contributed by atoms with Crippen LogP contribution in [-0.2, 0) is 29.0 Å². The first kappa shape index (κ1) is 42.2. The molecular weight excluding hydrogens is 683 g/mol. The summed E-state index contributed by atoms with van der Waals surface area (Å²) in [6, 6.07) is 4.17. The van der Waals surface area contributed by atoms with Gasteiger partial charge < -0.3 is 26.2 Å². The molecule has 1 heterocycles. The van der Waals surface area contributed by atoms with Gasteiger partial charge in [0.25, 0.3) is 5.91 Å². The van der Waals surface area contributed by atoms with Crippen LogP contribution in [0.5, 0.6) is 0 Å². The van der Waals surface area contributed by atoms with Crippen molar-refractivity contribution >= 4 is 39.4 Å². The Labute approximate surface area is 309 Å². The van der Waals surface area contributed by atoms with Crippen LogP contribution in [-0.4, -0.2) is 85.4 Å². The topological polar surface area (TPSA) is 171 Å². The number of nitrogens with zero attached hydrogens (tertiary/aromatic N) is 1. The van der Waals surface area contributed by atoms with Gasteiger partial charge in [0.1, 0.15) is 12.1 Å². The third-order valence-corrected chi connectivity index (χ3v) is 12.0. The van der Waals surface area contributed by atoms with Crippen molar-refractivity contribution in [1.29, 1.82) is 0 Å². The summed E-state index contributed by atoms with van der Waals surface area (Å²) in [5.41, 5.74) is -2.15. The van der Waals surface area contributed by atoms with E-state index in [1.165, 1.54) is 11.0 Å². The highest BCUT2D eigenvalue weighted by Gasteiger charge is 2.48. The zero-order chi connectivity index (χ0) is 38.9. The average molecular weight is 740 g/mol. The molecule has 286 valence electrons. The largest absolute Gasteiger partial charge is 0.346 e. The van der Waals surface area contributed by atoms with Crippen LogP contribution >= 0.6 is 0 Å². The summed E-state index contributed by atoms with van der Waals surface area (Å²) >= 11 is 0. The summed E-state index contributed by atoms with van der Waals surface area (Å²) in [7, 11) is -3.75. The Kier molecular flexibility index (Phi) is 14.3. The molecule has 1 aliphatic heterocycles. The van der Waals surface area contributed by atoms with Crippen LogP contribution < -0.4 is 21.3 Å². The fourth-order valence-corrected chi connectivity index (χ4v) is 8.79. The van der Waals surface area contributed by atoms with E-state index in [-0.39, 0.29) is 47.9 Å². The molecule has 12 nitrogen and oxygen atoms in total. The number of rotatable bonds is 14. The van der Waals surface area contributed by atoms with Crippen LogP contribution in [0.3, 0.4) is 0 Å². The molecule has 0 aromatic heterocycles. The normalized spacial score (nSPS) is 20.1. The zero-order valence-corrected chi connectivity index (χ0v) is 32.4. The number of amides is 5. The molecule has 2 aliphatic rings. The lowest BCUT2D eigenvalue weighted by molar-refractivity contribution is -0.143. The number of ketones is 1. The highest BCUT2D eigenvalue weighted by atomic mass is 32.2. The minimum absolute atomic E-state index is 0.0278. The maximum absolute atomic E-state index is 14.6. The highest BCUT2D eigenvalue weighted by molar-refractivity contribution is 7.91. The molecule has 0 radical (unpaired) electrons. The Morgan fingerprint density at radius 3 is 2.21 bits per heavy atom. The van der Waals surface area contributed by atoms with Gasteiger partial charge in [0.2, 0.25) is 17.6 Å². The Balaban J connectivity index is 1.89. The third-order valence-electron chi connectivity index (χ3n) is 10.1. The van der Waals surface area contributed by atoms with E-state index in [1.807, 2.05) is 20.8 Å². The van der Waals surface area contributed by atoms with Crippen molar-refractivity contribution in [2.75, 3.05) is 18.8 Å². The maximum atomic E-state index is 14.6. The molecule has 1 saturated heterocycles. The molecule has 1 aromatic rings. The number of sulfone groups is 1. The van der Waals surface area contributed by atoms with Crippen molar-refractivity contribution in [2.45, 2.75) is 121 Å². The highest BCUT2D eigenvalue weighted by Crippen LogP contribution is 2.38. The van der Waals surface area contributed by atoms with Crippen molar-refractivity contribution < 1.29 is 32.4 Å². The van der Waals surface area contributed by atoms with Gasteiger partial charge in [-0.05, 0) is 54.6 Å². The standard InChI is InChI=1S/C39H57N5O7S/c1-9-11-20-29(31(45)34(47)40-23-10-2)41-33(46)30-24-27(37(3,4)5)25-44(30)35(48)32(38(6,7)8)42-36(49)43-39(21-16-13-17-22-39)26-52(50,51)28-18-14-12-15-19-28/h1,10,12,14-15,18-19,27,29-30,32H,2,11,13,16-17,20-26H2,3-8H3,(H,40,47)(H,41,46)(H2,42,43,49)/t27?,29?,30?,32-/m1/s1. The van der Waals surface area contributed by atoms with E-state index in [0.717, 1.165) is 19.3 Å². The lowest BCUT2D eigenvalue weighted by atomic mass is 9.79. The first-order chi connectivity index (χ1) is 24.2. The predicted octanol–water partition coefficient (Wildman–Crippen LogP) is 3.91. The number of urea groups is 1. The van der Waals surface area contributed by atoms with Gasteiger partial charge in [-0.25, -0.2) is 13.2 Å². The van der Waals surface area contributed by atoms with Crippen LogP contribution in [0.4, 0.5) is 4.79 Å². The van der Waals surface area contributed by atoms with E-state index in [9.17, 15) is 32.4 Å². The molecule has 1 saturated carbocycles. The number of terminal acetylenes is 1. The number of carbonyl (C=O) groups excluding carboxylic acids is 5. The van der Waals surface area contributed by atoms with Gasteiger partial charge in [0.15, 0.2) is 9.84 Å². The van der Waals surface area contributed by atoms with Crippen LogP contribution in [0.1, 0.15) is 92.9 Å². The second-order valence-corrected chi connectivity index (χ2v) is 18.3. The van der Waals surface area contributed by atoms with Gasteiger partial charge in [0, 0.05) is 19.5 Å². The Bertz CT molecular complexity index is 1620. The summed E-state index contributed by atoms with van der Waals surface area (Å²) in [4.78, 5) is 69.6. The van der Waals surface area contributed by atoms with E-state index in [0.29, 0.717) is 19.3 Å². The molecule has 0 spiro atoms. The lowest BCUT2D eigenvalue weighted by Crippen LogP contribution is -2.63. The average Bonchev–Trinajstić information content (AvgIpc) is 3.54. The Morgan fingerprint density at radius 1 is 1.02 bits per heavy atom. The molecule has 4 atom stereocenters. The summed E-state index contributed by atoms with van der Waals surface area (Å²) < 4.78 is 27.0. The number of hydrogen-bond acceptors (Lipinski definition) is 7. The second-order valence-electron chi connectivity index (χ2n) is 16.3. The van der Waals surface area contributed by atoms with Crippen molar-refractivity contribution in [3.05, 3.63) is 43.0 Å². The summed E-state index contributed by atoms with van der Waals surface area (Å²) in [5.74, 6) is -0.774. The van der Waals surface area contributed by atoms with Gasteiger partial charge in [0.05, 0.1) is 22.2 Å². The number of likely N-dealkylation sites (tertiary alicyclic amines) is 1. The Morgan fingerprint density at radius 2 is 1.65 bits per heavy atom. The quantitative estimate of drug-likeness (QED) is 0.127. The molecular formula is C39H57N5O7S. The zero-order valence-electron chi connectivity index (χ0n) is 31.5. The number of hydrogen-bond donors (Lipinski definition) is 4. The first-order valence-electron chi connectivity index (χ1n) is 18.1. The minimum atomic E-state index is -3.75. The van der Waals surface area contributed by atoms with Crippen LogP contribution in [0.2, 0.25) is 0 Å². The van der Waals surface area contributed by atoms with Gasteiger partial charge in [-0.3, -0.25) is 19.2 Å². The van der Waals surface area contributed by atoms with E-state index in [4.69, 9.17) is 6.42 Å². The van der Waals surface area contributed by atoms with Gasteiger partial charge >= 0.3 is 6.03 Å². The molecule has 3 unspecified atom stereocenters. The van der Waals surface area contributed by atoms with Gasteiger partial charge in [-0.2, -0.15) is 0 Å². The number of carbonyl (C=O) groups is 5. The summed E-state index contributed by atoms with van der Waals surface area (Å²) in [6.45, 7) is 15.3. The minimum Gasteiger partial charge on any atom is -0.346 e. The fraction of sp³-hybridized carbons (Fsp3) is 0.615. The molecule has 52 heavy (non-hydrogen) atoms. The predicted molar refractivity (Wildman–Crippen MR) is 200 cm³/mol. The van der Waals surface area contributed by atoms with Crippen LogP contribution in [0.15, 0.2) is 47.9 Å². The van der Waals surface area contributed by atoms with Crippen molar-refractivity contribution in [3.63, 3.8) is 0 Å². The molecule has 4 N–H and O–H groups in total. The SMILES string of the molecule is C#CCCC(NC(=O)C1CC(C(C)(C)C)CN1C(=O)[C@@H](NC(=O)NC1(CS(=O)(=O)c2ccccc2)CCCCC1)C(C)(C)C)C(=O)C(=O)NCC=C. The van der Waals surface area contributed by atoms with Crippen molar-refractivity contribution in [1.82, 2.24) is 26.2 Å². The van der Waals surface area contributed by atoms with E-state index in [1.54, 1.807) is 51.1 Å². The van der Waals surface area contributed by atoms with E-state index < -0.39 is 68.5 Å². The molecule has 1 aromatic carbocycles. The Hall–Kier alpha value is -4.18. The molecule has 13 heteroatoms. The number of Topliss-reactive ketones (excluding diaryl/α,β-unsaturated/α-hetero) is 1. The van der Waals surface area contributed by atoms with E-state index in [2.05, 4.69) is 33.8 Å². The van der Waals surface area contributed by atoms with Crippen LogP contribution in [0.25, 0.3) is 0 Å². The van der Waals surface area contributed by atoms with E-state index >= 15 is 0 Å². The molecule has 5 amide bonds. The van der Waals surface area contributed by atoms with Gasteiger partial charge in [-0.1, -0.05) is 85.1 Å². The molecule has 2 fully saturated rings. The second kappa shape index (κ2) is 17.6. The molecule has 0 bridgehead atoms. The summed E-state index contributed by atoms with van der Waals surface area (Å²) in [6.07, 6.45) is 10.7. The number of nitrogens with one attached hydrogen (secondary N) is 4. The smallest absolute Gasteiger partial charge is 0.315 e. The van der Waals surface area contributed by atoms with Gasteiger partial charge in [-0.15, -0.1) is 18.9 Å². The maximum Gasteiger partial charge on any atom is 0.315 e. The molecule has 1 aliphatic carbocycles. The fourth-order valence-electron chi connectivity index (χ4n) is 6.96. The first-order valence-corrected chi connectivity index (χ1v) is 19.7. The lowest BCUT2D eigenvalue weighted by Gasteiger charge is -2.40. The number of benzene rings is 1.